The van der Waals surface area contributed by atoms with Gasteiger partial charge in [0.25, 0.3) is 5.91 Å². The highest BCUT2D eigenvalue weighted by Gasteiger charge is 2.49. The molecule has 0 bridgehead atoms. The molecule has 36 heavy (non-hydrogen) atoms. The third-order valence-corrected chi connectivity index (χ3v) is 6.26. The second-order valence-corrected chi connectivity index (χ2v) is 8.80. The average Bonchev–Trinajstić information content (AvgIpc) is 2.86. The summed E-state index contributed by atoms with van der Waals surface area (Å²) in [6.45, 7) is 0.682. The van der Waals surface area contributed by atoms with Gasteiger partial charge in [-0.05, 0) is 12.8 Å². The Morgan fingerprint density at radius 1 is 0.889 bits per heavy atom. The second-order valence-electron chi connectivity index (χ2n) is 8.80. The number of carbonyl (C=O) groups is 3. The number of hydrogen-bond donors (Lipinski definition) is 10. The summed E-state index contributed by atoms with van der Waals surface area (Å²) in [4.78, 5) is 35.4. The third kappa shape index (κ3) is 7.75. The summed E-state index contributed by atoms with van der Waals surface area (Å²) in [6.07, 6.45) is -11.6. The maximum Gasteiger partial charge on any atom is 0.270 e. The number of ether oxygens (including phenoxy) is 3. The van der Waals surface area contributed by atoms with Crippen LogP contribution in [0.1, 0.15) is 32.6 Å². The molecule has 2 saturated heterocycles. The molecule has 3 amide bonds. The number of aliphatic hydroxyl groups excluding tert-OH is 6. The molecule has 208 valence electrons. The van der Waals surface area contributed by atoms with E-state index in [1.165, 1.54) is 0 Å². The van der Waals surface area contributed by atoms with Gasteiger partial charge in [0.2, 0.25) is 11.8 Å². The van der Waals surface area contributed by atoms with Crippen molar-refractivity contribution in [3.05, 3.63) is 0 Å². The minimum Gasteiger partial charge on any atom is -0.394 e. The number of rotatable bonds is 10. The second kappa shape index (κ2) is 14.1. The van der Waals surface area contributed by atoms with Crippen molar-refractivity contribution in [2.75, 3.05) is 13.2 Å². The minimum absolute atomic E-state index is 0.0222. The fourth-order valence-electron chi connectivity index (χ4n) is 3.90. The van der Waals surface area contributed by atoms with Crippen LogP contribution in [-0.2, 0) is 28.6 Å². The van der Waals surface area contributed by atoms with Gasteiger partial charge in [0.1, 0.15) is 24.4 Å². The first-order valence-electron chi connectivity index (χ1n) is 11.5. The van der Waals surface area contributed by atoms with Crippen LogP contribution in [0.25, 0.3) is 0 Å². The fourth-order valence-corrected chi connectivity index (χ4v) is 3.90. The van der Waals surface area contributed by atoms with Crippen molar-refractivity contribution in [1.29, 1.82) is 0 Å². The maximum atomic E-state index is 12.5. The van der Waals surface area contributed by atoms with Crippen molar-refractivity contribution in [3.8, 4) is 0 Å². The van der Waals surface area contributed by atoms with Gasteiger partial charge in [-0.15, -0.1) is 0 Å². The number of nitrogens with two attached hydrogens (primary N) is 1. The molecule has 2 heterocycles. The smallest absolute Gasteiger partial charge is 0.270 e. The van der Waals surface area contributed by atoms with Crippen LogP contribution in [0.2, 0.25) is 0 Å². The van der Waals surface area contributed by atoms with E-state index in [0.717, 1.165) is 0 Å². The van der Waals surface area contributed by atoms with Gasteiger partial charge in [-0.1, -0.05) is 6.92 Å². The summed E-state index contributed by atoms with van der Waals surface area (Å²) in [5, 5.41) is 60.3. The lowest BCUT2D eigenvalue weighted by Gasteiger charge is -2.43. The van der Waals surface area contributed by atoms with Crippen molar-refractivity contribution in [1.82, 2.24) is 16.3 Å². The Morgan fingerprint density at radius 2 is 1.53 bits per heavy atom. The van der Waals surface area contributed by atoms with E-state index in [0.29, 0.717) is 12.8 Å². The van der Waals surface area contributed by atoms with Gasteiger partial charge in [-0.2, -0.15) is 0 Å². The van der Waals surface area contributed by atoms with Crippen molar-refractivity contribution in [2.24, 2.45) is 17.7 Å². The molecule has 16 nitrogen and oxygen atoms in total. The average molecular weight is 525 g/mol. The highest BCUT2D eigenvalue weighted by molar-refractivity contribution is 5.85. The number of hydrazine groups is 2. The standard InChI is InChI=1S/C20H36N4O12/c1-8-9(13(28)10(6-25)35-19(8)33)7-34-20-16(31)14(29)15(30)17(36-20)18(32)24-23-12(27)5-3-2-4-11(26)22-21/h8-10,13-17,19-20,25,28-31,33H,2-7,21H2,1H3,(H,22,26)(H,23,27)(H,24,32)/t8-,9?,10?,13-,14?,15-,16-,17?,19+,20+/m0/s1. The van der Waals surface area contributed by atoms with E-state index in [1.54, 1.807) is 6.92 Å². The predicted molar refractivity (Wildman–Crippen MR) is 116 cm³/mol. The Balaban J connectivity index is 1.89. The number of amides is 3. The molecule has 11 N–H and O–H groups in total. The van der Waals surface area contributed by atoms with Gasteiger partial charge in [0.15, 0.2) is 18.7 Å². The van der Waals surface area contributed by atoms with E-state index in [2.05, 4.69) is 5.43 Å². The lowest BCUT2D eigenvalue weighted by atomic mass is 9.84. The zero-order chi connectivity index (χ0) is 27.0. The summed E-state index contributed by atoms with van der Waals surface area (Å²) in [7, 11) is 0. The molecule has 4 unspecified atom stereocenters. The lowest BCUT2D eigenvalue weighted by Crippen LogP contribution is -2.63. The number of nitrogens with one attached hydrogen (secondary N) is 3. The van der Waals surface area contributed by atoms with Gasteiger partial charge >= 0.3 is 0 Å². The van der Waals surface area contributed by atoms with Crippen LogP contribution in [-0.4, -0.2) is 111 Å². The van der Waals surface area contributed by atoms with E-state index < -0.39 is 79.5 Å². The van der Waals surface area contributed by atoms with E-state index in [4.69, 9.17) is 20.1 Å². The number of carbonyl (C=O) groups excluding carboxylic acids is 3. The van der Waals surface area contributed by atoms with Gasteiger partial charge in [-0.3, -0.25) is 30.7 Å². The lowest BCUT2D eigenvalue weighted by molar-refractivity contribution is -0.306. The molecule has 0 radical (unpaired) electrons. The summed E-state index contributed by atoms with van der Waals surface area (Å²) < 4.78 is 15.9. The zero-order valence-corrected chi connectivity index (χ0v) is 19.7. The fraction of sp³-hybridized carbons (Fsp3) is 0.850. The Kier molecular flexibility index (Phi) is 11.8. The summed E-state index contributed by atoms with van der Waals surface area (Å²) in [5.74, 6) is 1.54. The first-order valence-corrected chi connectivity index (χ1v) is 11.5. The van der Waals surface area contributed by atoms with Gasteiger partial charge in [0, 0.05) is 24.7 Å². The summed E-state index contributed by atoms with van der Waals surface area (Å²) >= 11 is 0. The van der Waals surface area contributed by atoms with Crippen LogP contribution in [0.15, 0.2) is 0 Å². The molecule has 2 rings (SSSR count). The predicted octanol–water partition coefficient (Wildman–Crippen LogP) is -5.17. The Morgan fingerprint density at radius 3 is 2.14 bits per heavy atom. The van der Waals surface area contributed by atoms with Crippen molar-refractivity contribution < 1.29 is 59.2 Å². The topological polar surface area (TPSA) is 262 Å². The van der Waals surface area contributed by atoms with E-state index >= 15 is 0 Å². The van der Waals surface area contributed by atoms with Crippen LogP contribution in [0, 0.1) is 11.8 Å². The summed E-state index contributed by atoms with van der Waals surface area (Å²) in [6, 6.07) is 0. The SMILES string of the molecule is C[C@H]1C(CO[C@@H]2OC(C(=O)NNC(=O)CCCCC(=O)NN)[C@@H](O)C(O)[C@@H]2O)[C@H](O)C(CO)O[C@H]1O. The van der Waals surface area contributed by atoms with Crippen LogP contribution in [0.3, 0.4) is 0 Å². The van der Waals surface area contributed by atoms with Gasteiger partial charge < -0.3 is 44.8 Å². The zero-order valence-electron chi connectivity index (χ0n) is 19.7. The van der Waals surface area contributed by atoms with Crippen LogP contribution in [0.4, 0.5) is 0 Å². The number of aliphatic hydroxyl groups is 6. The molecule has 0 aromatic heterocycles. The molecule has 0 spiro atoms. The molecule has 2 aliphatic rings. The van der Waals surface area contributed by atoms with Crippen LogP contribution >= 0.6 is 0 Å². The molecule has 0 aromatic rings. The van der Waals surface area contributed by atoms with Crippen molar-refractivity contribution >= 4 is 17.7 Å². The molecule has 0 aliphatic carbocycles. The van der Waals surface area contributed by atoms with Crippen LogP contribution < -0.4 is 22.1 Å². The monoisotopic (exact) mass is 524 g/mol. The highest BCUT2D eigenvalue weighted by Crippen LogP contribution is 2.31. The molecule has 16 heteroatoms. The van der Waals surface area contributed by atoms with Crippen molar-refractivity contribution in [2.45, 2.75) is 81.8 Å². The first kappa shape index (κ1) is 30.2. The summed E-state index contributed by atoms with van der Waals surface area (Å²) in [5.41, 5.74) is 6.13. The maximum absolute atomic E-state index is 12.5. The molecular formula is C20H36N4O12. The molecule has 2 aliphatic heterocycles. The van der Waals surface area contributed by atoms with Gasteiger partial charge in [0.05, 0.1) is 19.3 Å². The van der Waals surface area contributed by atoms with Crippen molar-refractivity contribution in [3.63, 3.8) is 0 Å². The third-order valence-electron chi connectivity index (χ3n) is 6.26. The largest absolute Gasteiger partial charge is 0.394 e. The minimum atomic E-state index is -1.86. The van der Waals surface area contributed by atoms with E-state index in [1.807, 2.05) is 10.9 Å². The number of hydrogen-bond acceptors (Lipinski definition) is 13. The first-order chi connectivity index (χ1) is 17.0. The van der Waals surface area contributed by atoms with E-state index in [9.17, 15) is 45.0 Å². The van der Waals surface area contributed by atoms with Crippen LogP contribution in [0.5, 0.6) is 0 Å². The normalized spacial score (nSPS) is 36.7. The Hall–Kier alpha value is -1.99. The molecule has 0 saturated carbocycles. The van der Waals surface area contributed by atoms with E-state index in [-0.39, 0.29) is 25.4 Å². The molecule has 2 fully saturated rings. The quantitative estimate of drug-likeness (QED) is 0.0555. The van der Waals surface area contributed by atoms with Gasteiger partial charge in [-0.25, -0.2) is 5.84 Å². The Labute approximate surface area is 206 Å². The number of unbranched alkanes of at least 4 members (excludes halogenated alkanes) is 1. The molecule has 0 aromatic carbocycles. The molecular weight excluding hydrogens is 488 g/mol. The Bertz CT molecular complexity index is 745. The molecule has 10 atom stereocenters. The highest BCUT2D eigenvalue weighted by atomic mass is 16.7.